The highest BCUT2D eigenvalue weighted by molar-refractivity contribution is 6.20. The van der Waals surface area contributed by atoms with E-state index < -0.39 is 6.04 Å². The number of amides is 1. The van der Waals surface area contributed by atoms with Crippen molar-refractivity contribution in [1.82, 2.24) is 0 Å². The van der Waals surface area contributed by atoms with Crippen molar-refractivity contribution in [2.24, 2.45) is 4.99 Å². The van der Waals surface area contributed by atoms with Crippen LogP contribution in [-0.4, -0.2) is 38.4 Å². The maximum absolute atomic E-state index is 14.0. The third kappa shape index (κ3) is 4.85. The van der Waals surface area contributed by atoms with Gasteiger partial charge in [0.2, 0.25) is 0 Å². The molecule has 5 heteroatoms. The fourth-order valence-electron chi connectivity index (χ4n) is 4.88. The first-order chi connectivity index (χ1) is 18.1. The number of nitrogens with zero attached hydrogens (tertiary/aromatic N) is 2. The molecule has 0 radical (unpaired) electrons. The molecule has 1 aliphatic heterocycles. The second-order valence-electron chi connectivity index (χ2n) is 8.94. The van der Waals surface area contributed by atoms with Crippen LogP contribution in [0.3, 0.4) is 0 Å². The molecule has 1 heterocycles. The van der Waals surface area contributed by atoms with Crippen LogP contribution in [0.25, 0.3) is 11.1 Å². The number of hydrogen-bond acceptors (Lipinski definition) is 4. The van der Waals surface area contributed by atoms with Gasteiger partial charge in [-0.15, -0.1) is 0 Å². The Morgan fingerprint density at radius 2 is 1.38 bits per heavy atom. The molecule has 5 nitrogen and oxygen atoms in total. The number of ether oxygens (including phenoxy) is 2. The van der Waals surface area contributed by atoms with Crippen molar-refractivity contribution >= 4 is 17.3 Å². The van der Waals surface area contributed by atoms with Gasteiger partial charge in [-0.3, -0.25) is 9.79 Å². The molecule has 1 aliphatic rings. The van der Waals surface area contributed by atoms with Crippen LogP contribution < -0.4 is 14.4 Å². The second kappa shape index (κ2) is 10.7. The Kier molecular flexibility index (Phi) is 7.04. The van der Waals surface area contributed by atoms with Gasteiger partial charge >= 0.3 is 0 Å². The predicted octanol–water partition coefficient (Wildman–Crippen LogP) is 6.19. The highest BCUT2D eigenvalue weighted by Gasteiger charge is 2.32. The van der Waals surface area contributed by atoms with Crippen molar-refractivity contribution < 1.29 is 14.3 Å². The van der Waals surface area contributed by atoms with Gasteiger partial charge in [0.25, 0.3) is 5.91 Å². The van der Waals surface area contributed by atoms with E-state index in [1.54, 1.807) is 14.2 Å². The van der Waals surface area contributed by atoms with Gasteiger partial charge in [0.15, 0.2) is 11.5 Å². The Bertz CT molecular complexity index is 1430. The van der Waals surface area contributed by atoms with Crippen LogP contribution in [0.5, 0.6) is 11.5 Å². The van der Waals surface area contributed by atoms with Gasteiger partial charge in [-0.05, 0) is 29.7 Å². The molecule has 0 aromatic heterocycles. The van der Waals surface area contributed by atoms with E-state index in [2.05, 4.69) is 30.3 Å². The van der Waals surface area contributed by atoms with Crippen molar-refractivity contribution in [3.63, 3.8) is 0 Å². The molecule has 0 fully saturated rings. The Morgan fingerprint density at radius 1 is 0.757 bits per heavy atom. The van der Waals surface area contributed by atoms with E-state index in [4.69, 9.17) is 14.5 Å². The molecular weight excluding hydrogens is 460 g/mol. The number of aliphatic imine (C=N–C) groups is 1. The lowest BCUT2D eigenvalue weighted by Crippen LogP contribution is -2.38. The average molecular weight is 491 g/mol. The molecule has 1 unspecified atom stereocenters. The van der Waals surface area contributed by atoms with Crippen LogP contribution in [0.2, 0.25) is 0 Å². The second-order valence-corrected chi connectivity index (χ2v) is 8.94. The van der Waals surface area contributed by atoms with Crippen molar-refractivity contribution in [3.05, 3.63) is 114 Å². The summed E-state index contributed by atoms with van der Waals surface area (Å²) in [7, 11) is 3.22. The normalized spacial score (nSPS) is 15.0. The molecule has 1 amide bonds. The average Bonchev–Trinajstić information content (AvgIpc) is 3.07. The summed E-state index contributed by atoms with van der Waals surface area (Å²) in [4.78, 5) is 20.9. The van der Waals surface area contributed by atoms with E-state index >= 15 is 0 Å². The van der Waals surface area contributed by atoms with Crippen LogP contribution in [0.15, 0.2) is 102 Å². The molecule has 0 aliphatic carbocycles. The lowest BCUT2D eigenvalue weighted by Gasteiger charge is -2.25. The molecule has 0 N–H and O–H groups in total. The topological polar surface area (TPSA) is 51.1 Å². The molecule has 1 atom stereocenters. The maximum Gasteiger partial charge on any atom is 0.252 e. The van der Waals surface area contributed by atoms with Crippen LogP contribution in [0.4, 0.5) is 5.69 Å². The van der Waals surface area contributed by atoms with Gasteiger partial charge in [-0.25, -0.2) is 0 Å². The largest absolute Gasteiger partial charge is 0.493 e. The summed E-state index contributed by atoms with van der Waals surface area (Å²) in [6.45, 7) is 2.50. The van der Waals surface area contributed by atoms with Crippen molar-refractivity contribution in [1.29, 1.82) is 0 Å². The van der Waals surface area contributed by atoms with E-state index in [0.717, 1.165) is 39.2 Å². The fourth-order valence-corrected chi connectivity index (χ4v) is 4.88. The number of benzene rings is 4. The van der Waals surface area contributed by atoms with Gasteiger partial charge in [0, 0.05) is 30.2 Å². The Labute approximate surface area is 218 Å². The number of hydrogen-bond donors (Lipinski definition) is 0. The summed E-state index contributed by atoms with van der Waals surface area (Å²) in [5.41, 5.74) is 6.67. The molecule has 0 saturated carbocycles. The summed E-state index contributed by atoms with van der Waals surface area (Å²) < 4.78 is 11.2. The number of benzodiazepines with no additional fused rings is 1. The van der Waals surface area contributed by atoms with E-state index in [0.29, 0.717) is 24.5 Å². The quantitative estimate of drug-likeness (QED) is 0.311. The Morgan fingerprint density at radius 3 is 2.03 bits per heavy atom. The molecule has 0 spiro atoms. The first kappa shape index (κ1) is 24.3. The minimum Gasteiger partial charge on any atom is -0.493 e. The molecule has 4 aromatic rings. The highest BCUT2D eigenvalue weighted by atomic mass is 16.5. The van der Waals surface area contributed by atoms with Gasteiger partial charge in [0.05, 0.1) is 25.6 Å². The number of likely N-dealkylation sites (N-methyl/N-ethyl adjacent to an activating group) is 1. The minimum atomic E-state index is -0.578. The minimum absolute atomic E-state index is 0.0352. The van der Waals surface area contributed by atoms with Gasteiger partial charge < -0.3 is 14.4 Å². The summed E-state index contributed by atoms with van der Waals surface area (Å²) in [5.74, 6) is 1.14. The zero-order valence-corrected chi connectivity index (χ0v) is 21.3. The lowest BCUT2D eigenvalue weighted by molar-refractivity contribution is -0.119. The number of carbonyl (C=O) groups excluding carboxylic acids is 1. The van der Waals surface area contributed by atoms with Crippen molar-refractivity contribution in [2.45, 2.75) is 19.4 Å². The molecule has 37 heavy (non-hydrogen) atoms. The monoisotopic (exact) mass is 490 g/mol. The number of rotatable bonds is 7. The van der Waals surface area contributed by atoms with E-state index in [9.17, 15) is 4.79 Å². The smallest absolute Gasteiger partial charge is 0.252 e. The Hall–Kier alpha value is -4.38. The summed E-state index contributed by atoms with van der Waals surface area (Å²) in [6, 6.07) is 31.9. The first-order valence-corrected chi connectivity index (χ1v) is 12.5. The zero-order valence-electron chi connectivity index (χ0n) is 21.3. The van der Waals surface area contributed by atoms with Gasteiger partial charge in [-0.1, -0.05) is 84.9 Å². The first-order valence-electron chi connectivity index (χ1n) is 12.5. The number of methoxy groups -OCH3 is 2. The van der Waals surface area contributed by atoms with Gasteiger partial charge in [-0.2, -0.15) is 0 Å². The fraction of sp³-hybridized carbons (Fsp3) is 0.188. The summed E-state index contributed by atoms with van der Waals surface area (Å²) >= 11 is 0. The van der Waals surface area contributed by atoms with E-state index in [-0.39, 0.29) is 5.91 Å². The van der Waals surface area contributed by atoms with Gasteiger partial charge in [0.1, 0.15) is 6.04 Å². The summed E-state index contributed by atoms with van der Waals surface area (Å²) in [5, 5.41) is 0. The predicted molar refractivity (Wildman–Crippen MR) is 149 cm³/mol. The van der Waals surface area contributed by atoms with Crippen LogP contribution in [0.1, 0.15) is 23.6 Å². The van der Waals surface area contributed by atoms with E-state index in [1.807, 2.05) is 78.6 Å². The van der Waals surface area contributed by atoms with Crippen molar-refractivity contribution in [2.75, 3.05) is 25.7 Å². The van der Waals surface area contributed by atoms with Crippen LogP contribution >= 0.6 is 0 Å². The summed E-state index contributed by atoms with van der Waals surface area (Å²) in [6.07, 6.45) is 0.495. The lowest BCUT2D eigenvalue weighted by atomic mass is 9.98. The van der Waals surface area contributed by atoms with Crippen molar-refractivity contribution in [3.8, 4) is 22.6 Å². The Balaban J connectivity index is 1.63. The molecule has 0 saturated heterocycles. The molecule has 5 rings (SSSR count). The molecule has 4 aromatic carbocycles. The SMILES string of the molecule is CCN1C(=O)C(Cc2cccc(-c3ccccc3)c2)N=C(c2ccccc2)c2cc(OC)c(OC)cc21. The highest BCUT2D eigenvalue weighted by Crippen LogP contribution is 2.38. The molecule has 0 bridgehead atoms. The zero-order chi connectivity index (χ0) is 25.8. The van der Waals surface area contributed by atoms with Crippen LogP contribution in [0, 0.1) is 0 Å². The standard InChI is InChI=1S/C32H30N2O3/c1-4-34-28-21-30(37-3)29(36-2)20-26(28)31(24-15-9-6-10-16-24)33-27(32(34)35)19-22-12-11-17-25(18-22)23-13-7-5-8-14-23/h5-18,20-21,27H,4,19H2,1-3H3. The number of carbonyl (C=O) groups is 1. The molecule has 186 valence electrons. The third-order valence-corrected chi connectivity index (χ3v) is 6.71. The number of anilines is 1. The number of fused-ring (bicyclic) bond motifs is 1. The third-order valence-electron chi connectivity index (χ3n) is 6.71. The van der Waals surface area contributed by atoms with Crippen LogP contribution in [-0.2, 0) is 11.2 Å². The molecular formula is C32H30N2O3. The maximum atomic E-state index is 14.0. The van der Waals surface area contributed by atoms with E-state index in [1.165, 1.54) is 0 Å².